The number of hydrogen-bond donors (Lipinski definition) is 1. The van der Waals surface area contributed by atoms with Crippen LogP contribution in [0.25, 0.3) is 11.3 Å². The van der Waals surface area contributed by atoms with E-state index in [1.54, 1.807) is 5.38 Å². The Morgan fingerprint density at radius 3 is 2.20 bits per heavy atom. The summed E-state index contributed by atoms with van der Waals surface area (Å²) < 4.78 is 38.4. The maximum atomic E-state index is 12.9. The predicted molar refractivity (Wildman–Crippen MR) is 51.8 cm³/mol. The molecule has 1 heterocycles. The van der Waals surface area contributed by atoms with Crippen molar-refractivity contribution >= 4 is 16.5 Å². The fourth-order valence-corrected chi connectivity index (χ4v) is 1.70. The first-order valence-corrected chi connectivity index (χ1v) is 4.82. The molecule has 15 heavy (non-hydrogen) atoms. The standard InChI is InChI=1S/C9H5F3N2S/c10-5-1-4(2-6(11)8(5)12)7-3-15-9(13)14-7/h1-3H,(H2,13,14). The van der Waals surface area contributed by atoms with Crippen molar-refractivity contribution in [3.63, 3.8) is 0 Å². The molecule has 1 aromatic carbocycles. The van der Waals surface area contributed by atoms with Gasteiger partial charge >= 0.3 is 0 Å². The third-order valence-electron chi connectivity index (χ3n) is 1.80. The number of nitrogen functional groups attached to an aromatic ring is 1. The van der Waals surface area contributed by atoms with Crippen LogP contribution >= 0.6 is 11.3 Å². The highest BCUT2D eigenvalue weighted by atomic mass is 32.1. The smallest absolute Gasteiger partial charge is 0.194 e. The lowest BCUT2D eigenvalue weighted by atomic mass is 10.1. The molecule has 0 aliphatic rings. The maximum Gasteiger partial charge on any atom is 0.194 e. The van der Waals surface area contributed by atoms with Crippen molar-refractivity contribution in [3.05, 3.63) is 35.0 Å². The van der Waals surface area contributed by atoms with E-state index in [0.29, 0.717) is 5.69 Å². The van der Waals surface area contributed by atoms with Gasteiger partial charge in [-0.3, -0.25) is 0 Å². The lowest BCUT2D eigenvalue weighted by Gasteiger charge is -1.99. The number of halogens is 3. The molecule has 6 heteroatoms. The first-order valence-electron chi connectivity index (χ1n) is 3.94. The zero-order valence-corrected chi connectivity index (χ0v) is 8.12. The average Bonchev–Trinajstić information content (AvgIpc) is 2.60. The average molecular weight is 230 g/mol. The van der Waals surface area contributed by atoms with Gasteiger partial charge in [-0.05, 0) is 12.1 Å². The molecule has 2 N–H and O–H groups in total. The van der Waals surface area contributed by atoms with Crippen molar-refractivity contribution in [2.24, 2.45) is 0 Å². The number of nitrogens with two attached hydrogens (primary N) is 1. The van der Waals surface area contributed by atoms with Crippen LogP contribution in [0.4, 0.5) is 18.3 Å². The number of anilines is 1. The molecule has 0 aliphatic carbocycles. The molecule has 0 fully saturated rings. The van der Waals surface area contributed by atoms with Gasteiger partial charge in [0.1, 0.15) is 0 Å². The Bertz CT molecular complexity index is 487. The van der Waals surface area contributed by atoms with Gasteiger partial charge < -0.3 is 5.73 Å². The van der Waals surface area contributed by atoms with Gasteiger partial charge in [0.05, 0.1) is 5.69 Å². The van der Waals surface area contributed by atoms with E-state index in [2.05, 4.69) is 4.98 Å². The Hall–Kier alpha value is -1.56. The summed E-state index contributed by atoms with van der Waals surface area (Å²) in [5.74, 6) is -3.96. The second-order valence-corrected chi connectivity index (χ2v) is 3.71. The van der Waals surface area contributed by atoms with E-state index < -0.39 is 17.5 Å². The number of rotatable bonds is 1. The summed E-state index contributed by atoms with van der Waals surface area (Å²) in [6.45, 7) is 0. The van der Waals surface area contributed by atoms with Crippen LogP contribution in [0.1, 0.15) is 0 Å². The molecule has 2 rings (SSSR count). The van der Waals surface area contributed by atoms with E-state index in [0.717, 1.165) is 23.5 Å². The van der Waals surface area contributed by atoms with Crippen molar-refractivity contribution in [2.45, 2.75) is 0 Å². The number of benzene rings is 1. The molecule has 0 aliphatic heterocycles. The Morgan fingerprint density at radius 1 is 1.13 bits per heavy atom. The second kappa shape index (κ2) is 3.54. The zero-order valence-electron chi connectivity index (χ0n) is 7.30. The van der Waals surface area contributed by atoms with Gasteiger partial charge in [-0.1, -0.05) is 0 Å². The first-order chi connectivity index (χ1) is 7.08. The predicted octanol–water partition coefficient (Wildman–Crippen LogP) is 2.81. The Morgan fingerprint density at radius 2 is 1.73 bits per heavy atom. The largest absolute Gasteiger partial charge is 0.375 e. The molecule has 0 spiro atoms. The lowest BCUT2D eigenvalue weighted by Crippen LogP contribution is -1.92. The van der Waals surface area contributed by atoms with Gasteiger partial charge in [-0.2, -0.15) is 0 Å². The normalized spacial score (nSPS) is 10.6. The molecule has 0 saturated heterocycles. The van der Waals surface area contributed by atoms with Crippen molar-refractivity contribution in [1.29, 1.82) is 0 Å². The molecule has 0 atom stereocenters. The monoisotopic (exact) mass is 230 g/mol. The van der Waals surface area contributed by atoms with Gasteiger partial charge in [0.2, 0.25) is 0 Å². The third-order valence-corrected chi connectivity index (χ3v) is 2.48. The Balaban J connectivity index is 2.55. The molecule has 78 valence electrons. The molecule has 0 bridgehead atoms. The highest BCUT2D eigenvalue weighted by Crippen LogP contribution is 2.25. The van der Waals surface area contributed by atoms with Crippen LogP contribution in [0.3, 0.4) is 0 Å². The van der Waals surface area contributed by atoms with E-state index in [1.807, 2.05) is 0 Å². The number of hydrogen-bond acceptors (Lipinski definition) is 3. The molecule has 1 aromatic heterocycles. The van der Waals surface area contributed by atoms with Crippen LogP contribution in [-0.4, -0.2) is 4.98 Å². The van der Waals surface area contributed by atoms with Gasteiger partial charge in [0.15, 0.2) is 22.6 Å². The van der Waals surface area contributed by atoms with E-state index in [1.165, 1.54) is 0 Å². The first kappa shape index (κ1) is 9.97. The maximum absolute atomic E-state index is 12.9. The summed E-state index contributed by atoms with van der Waals surface area (Å²) in [4.78, 5) is 3.83. The fraction of sp³-hybridized carbons (Fsp3) is 0. The Labute approximate surface area is 87.2 Å². The van der Waals surface area contributed by atoms with E-state index in [9.17, 15) is 13.2 Å². The van der Waals surface area contributed by atoms with Crippen molar-refractivity contribution < 1.29 is 13.2 Å². The van der Waals surface area contributed by atoms with E-state index in [4.69, 9.17) is 5.73 Å². The minimum absolute atomic E-state index is 0.166. The minimum atomic E-state index is -1.48. The Kier molecular flexibility index (Phi) is 2.36. The third kappa shape index (κ3) is 1.80. The van der Waals surface area contributed by atoms with Crippen LogP contribution < -0.4 is 5.73 Å². The number of nitrogens with zero attached hydrogens (tertiary/aromatic N) is 1. The van der Waals surface area contributed by atoms with Crippen LogP contribution in [0.2, 0.25) is 0 Å². The SMILES string of the molecule is Nc1nc(-c2cc(F)c(F)c(F)c2)cs1. The van der Waals surface area contributed by atoms with E-state index in [-0.39, 0.29) is 10.7 Å². The summed E-state index contributed by atoms with van der Waals surface area (Å²) in [6.07, 6.45) is 0. The molecular weight excluding hydrogens is 225 g/mol. The van der Waals surface area contributed by atoms with Gasteiger partial charge in [-0.15, -0.1) is 11.3 Å². The zero-order chi connectivity index (χ0) is 11.0. The van der Waals surface area contributed by atoms with Crippen molar-refractivity contribution in [1.82, 2.24) is 4.98 Å². The highest BCUT2D eigenvalue weighted by Gasteiger charge is 2.12. The van der Waals surface area contributed by atoms with Crippen LogP contribution in [0, 0.1) is 17.5 Å². The minimum Gasteiger partial charge on any atom is -0.375 e. The quantitative estimate of drug-likeness (QED) is 0.765. The van der Waals surface area contributed by atoms with Gasteiger partial charge in [0, 0.05) is 10.9 Å². The van der Waals surface area contributed by atoms with Crippen LogP contribution in [0.5, 0.6) is 0 Å². The number of aromatic nitrogens is 1. The summed E-state index contributed by atoms with van der Waals surface area (Å²) in [5, 5.41) is 1.83. The molecule has 2 nitrogen and oxygen atoms in total. The second-order valence-electron chi connectivity index (χ2n) is 2.82. The summed E-state index contributed by atoms with van der Waals surface area (Å²) in [7, 11) is 0. The van der Waals surface area contributed by atoms with Crippen molar-refractivity contribution in [3.8, 4) is 11.3 Å². The van der Waals surface area contributed by atoms with Gasteiger partial charge in [-0.25, -0.2) is 18.2 Å². The number of thiazole rings is 1. The summed E-state index contributed by atoms with van der Waals surface area (Å²) in [5.41, 5.74) is 5.86. The van der Waals surface area contributed by atoms with Crippen molar-refractivity contribution in [2.75, 3.05) is 5.73 Å². The van der Waals surface area contributed by atoms with E-state index >= 15 is 0 Å². The highest BCUT2D eigenvalue weighted by molar-refractivity contribution is 7.13. The fourth-order valence-electron chi connectivity index (χ4n) is 1.12. The molecule has 0 unspecified atom stereocenters. The molecular formula is C9H5F3N2S. The summed E-state index contributed by atoms with van der Waals surface area (Å²) in [6, 6.07) is 1.76. The van der Waals surface area contributed by atoms with Crippen LogP contribution in [0.15, 0.2) is 17.5 Å². The molecule has 0 amide bonds. The molecule has 0 radical (unpaired) electrons. The van der Waals surface area contributed by atoms with Gasteiger partial charge in [0.25, 0.3) is 0 Å². The molecule has 2 aromatic rings. The molecule has 0 saturated carbocycles. The van der Waals surface area contributed by atoms with Crippen LogP contribution in [-0.2, 0) is 0 Å². The lowest BCUT2D eigenvalue weighted by molar-refractivity contribution is 0.447. The summed E-state index contributed by atoms with van der Waals surface area (Å²) >= 11 is 1.14. The topological polar surface area (TPSA) is 38.9 Å².